The summed E-state index contributed by atoms with van der Waals surface area (Å²) in [5, 5.41) is -0.876. The summed E-state index contributed by atoms with van der Waals surface area (Å²) < 4.78 is 32.4. The molecule has 0 spiro atoms. The van der Waals surface area contributed by atoms with Crippen molar-refractivity contribution in [2.24, 2.45) is 0 Å². The Kier molecular flexibility index (Phi) is 6.09. The Balaban J connectivity index is 0.00000196. The minimum Gasteiger partial charge on any atom is -0.731 e. The summed E-state index contributed by atoms with van der Waals surface area (Å²) >= 11 is 16.3. The van der Waals surface area contributed by atoms with Gasteiger partial charge in [-0.25, -0.2) is 13.4 Å². The van der Waals surface area contributed by atoms with Gasteiger partial charge in [-0.2, -0.15) is 4.98 Å². The third-order valence-corrected chi connectivity index (χ3v) is 2.35. The Morgan fingerprint density at radius 1 is 1.20 bits per heavy atom. The van der Waals surface area contributed by atoms with Gasteiger partial charge in [0.1, 0.15) is 5.02 Å². The molecule has 0 aliphatic carbocycles. The first-order chi connectivity index (χ1) is 6.29. The number of anilines is 1. The van der Waals surface area contributed by atoms with Crippen LogP contribution in [0.1, 0.15) is 0 Å². The van der Waals surface area contributed by atoms with Crippen LogP contribution in [-0.2, 0) is 10.3 Å². The molecule has 1 N–H and O–H groups in total. The predicted molar refractivity (Wildman–Crippen MR) is 50.4 cm³/mol. The molecule has 0 fully saturated rings. The molecule has 15 heavy (non-hydrogen) atoms. The van der Waals surface area contributed by atoms with Crippen LogP contribution in [0.2, 0.25) is 15.5 Å². The van der Waals surface area contributed by atoms with E-state index < -0.39 is 16.1 Å². The average Bonchev–Trinajstić information content (AvgIpc) is 1.96. The van der Waals surface area contributed by atoms with E-state index in [9.17, 15) is 13.0 Å². The summed E-state index contributed by atoms with van der Waals surface area (Å²) in [4.78, 5) is 6.78. The van der Waals surface area contributed by atoms with E-state index in [0.29, 0.717) is 0 Å². The van der Waals surface area contributed by atoms with Gasteiger partial charge in [-0.3, -0.25) is 4.72 Å². The number of nitrogens with zero attached hydrogens (tertiary/aromatic N) is 2. The largest absolute Gasteiger partial charge is 1.00 e. The maximum Gasteiger partial charge on any atom is 1.00 e. The molecule has 0 radical (unpaired) electrons. The van der Waals surface area contributed by atoms with Gasteiger partial charge < -0.3 is 4.55 Å². The van der Waals surface area contributed by atoms with Crippen molar-refractivity contribution < 1.29 is 42.5 Å². The Morgan fingerprint density at radius 2 is 1.73 bits per heavy atom. The van der Waals surface area contributed by atoms with E-state index >= 15 is 0 Å². The van der Waals surface area contributed by atoms with Gasteiger partial charge in [-0.1, -0.05) is 23.2 Å². The first-order valence-corrected chi connectivity index (χ1v) is 5.46. The molecular weight excluding hydrogens is 299 g/mol. The molecule has 0 bridgehead atoms. The molecule has 0 aliphatic heterocycles. The van der Waals surface area contributed by atoms with Gasteiger partial charge >= 0.3 is 29.6 Å². The standard InChI is InChI=1S/C4H2Cl3N3O3S.Na/c5-1-2(6)8-4(7)9-3(1)10-14(11,12)13;/h(H,8,9,10)(H,11,12,13);/q;+1/p-1. The van der Waals surface area contributed by atoms with Crippen molar-refractivity contribution >= 4 is 50.9 Å². The minimum absolute atomic E-state index is 0. The fourth-order valence-electron chi connectivity index (χ4n) is 0.580. The van der Waals surface area contributed by atoms with Crippen LogP contribution in [0.3, 0.4) is 0 Å². The topological polar surface area (TPSA) is 95.0 Å². The van der Waals surface area contributed by atoms with Crippen molar-refractivity contribution in [3.8, 4) is 0 Å². The molecule has 11 heteroatoms. The second kappa shape index (κ2) is 5.83. The van der Waals surface area contributed by atoms with Crippen LogP contribution >= 0.6 is 34.8 Å². The zero-order valence-electron chi connectivity index (χ0n) is 7.16. The monoisotopic (exact) mass is 299 g/mol. The molecule has 0 saturated heterocycles. The van der Waals surface area contributed by atoms with Crippen LogP contribution in [0, 0.1) is 0 Å². The first kappa shape index (κ1) is 15.7. The molecule has 0 unspecified atom stereocenters. The first-order valence-electron chi connectivity index (χ1n) is 2.92. The van der Waals surface area contributed by atoms with Crippen LogP contribution < -0.4 is 34.3 Å². The van der Waals surface area contributed by atoms with Crippen molar-refractivity contribution in [1.82, 2.24) is 9.97 Å². The van der Waals surface area contributed by atoms with Gasteiger partial charge in [0, 0.05) is 0 Å². The Morgan fingerprint density at radius 3 is 2.20 bits per heavy atom. The van der Waals surface area contributed by atoms with Crippen molar-refractivity contribution in [3.05, 3.63) is 15.5 Å². The van der Waals surface area contributed by atoms with Gasteiger partial charge in [-0.05, 0) is 11.6 Å². The molecule has 1 rings (SSSR count). The second-order valence-corrected chi connectivity index (χ2v) is 4.19. The summed E-state index contributed by atoms with van der Waals surface area (Å²) in [6.45, 7) is 0. The van der Waals surface area contributed by atoms with Crippen molar-refractivity contribution in [3.63, 3.8) is 0 Å². The van der Waals surface area contributed by atoms with Gasteiger partial charge in [0.05, 0.1) is 0 Å². The smallest absolute Gasteiger partial charge is 0.731 e. The maximum absolute atomic E-state index is 10.3. The van der Waals surface area contributed by atoms with Gasteiger partial charge in [0.2, 0.25) is 5.28 Å². The SMILES string of the molecule is O=S(=O)([O-])Nc1nc(Cl)nc(Cl)c1Cl.[Na+]. The van der Waals surface area contributed by atoms with Crippen molar-refractivity contribution in [1.29, 1.82) is 0 Å². The normalized spacial score (nSPS) is 10.7. The summed E-state index contributed by atoms with van der Waals surface area (Å²) in [6, 6.07) is 0. The molecule has 78 valence electrons. The molecule has 1 aromatic rings. The molecule has 0 aromatic carbocycles. The van der Waals surface area contributed by atoms with Crippen LogP contribution in [0.15, 0.2) is 0 Å². The van der Waals surface area contributed by atoms with Gasteiger partial charge in [-0.15, -0.1) is 0 Å². The molecule has 0 atom stereocenters. The quantitative estimate of drug-likeness (QED) is 0.304. The van der Waals surface area contributed by atoms with E-state index in [4.69, 9.17) is 34.8 Å². The van der Waals surface area contributed by atoms with E-state index in [1.165, 1.54) is 4.72 Å². The number of hydrogen-bond acceptors (Lipinski definition) is 5. The molecule has 1 heterocycles. The third-order valence-electron chi connectivity index (χ3n) is 1.01. The van der Waals surface area contributed by atoms with E-state index in [2.05, 4.69) is 9.97 Å². The van der Waals surface area contributed by atoms with Crippen LogP contribution in [0.4, 0.5) is 5.82 Å². The Bertz CT molecular complexity index is 468. The zero-order chi connectivity index (χ0) is 10.9. The molecule has 1 aromatic heterocycles. The fraction of sp³-hybridized carbons (Fsp3) is 0. The van der Waals surface area contributed by atoms with Crippen molar-refractivity contribution in [2.45, 2.75) is 0 Å². The van der Waals surface area contributed by atoms with Gasteiger partial charge in [0.15, 0.2) is 21.3 Å². The number of hydrogen-bond donors (Lipinski definition) is 1. The van der Waals surface area contributed by atoms with Crippen LogP contribution in [-0.4, -0.2) is 22.9 Å². The van der Waals surface area contributed by atoms with E-state index in [1.807, 2.05) is 0 Å². The summed E-state index contributed by atoms with van der Waals surface area (Å²) in [6.07, 6.45) is 0. The summed E-state index contributed by atoms with van der Waals surface area (Å²) in [7, 11) is -4.73. The van der Waals surface area contributed by atoms with Crippen LogP contribution in [0.5, 0.6) is 0 Å². The van der Waals surface area contributed by atoms with E-state index in [0.717, 1.165) is 0 Å². The predicted octanol–water partition coefficient (Wildman–Crippen LogP) is -1.69. The molecule has 0 aliphatic rings. The fourth-order valence-corrected chi connectivity index (χ4v) is 1.53. The average molecular weight is 300 g/mol. The molecular formula is C4HCl3N3NaO3S. The van der Waals surface area contributed by atoms with Crippen molar-refractivity contribution in [2.75, 3.05) is 4.72 Å². The Labute approximate surface area is 123 Å². The third kappa shape index (κ3) is 5.01. The van der Waals surface area contributed by atoms with E-state index in [-0.39, 0.29) is 45.0 Å². The number of halogens is 3. The summed E-state index contributed by atoms with van der Waals surface area (Å²) in [5.41, 5.74) is 0. The number of nitrogens with one attached hydrogen (secondary N) is 1. The van der Waals surface area contributed by atoms with E-state index in [1.54, 1.807) is 0 Å². The molecule has 0 amide bonds. The van der Waals surface area contributed by atoms with Gasteiger partial charge in [0.25, 0.3) is 0 Å². The second-order valence-electron chi connectivity index (χ2n) is 2.00. The Hall–Kier alpha value is 0.660. The number of aromatic nitrogens is 2. The van der Waals surface area contributed by atoms with Crippen LogP contribution in [0.25, 0.3) is 0 Å². The maximum atomic E-state index is 10.3. The zero-order valence-corrected chi connectivity index (χ0v) is 12.2. The molecule has 0 saturated carbocycles. The molecule has 6 nitrogen and oxygen atoms in total. The minimum atomic E-state index is -4.73. The summed E-state index contributed by atoms with van der Waals surface area (Å²) in [5.74, 6) is -0.452. The number of rotatable bonds is 2.